The summed E-state index contributed by atoms with van der Waals surface area (Å²) in [6.45, 7) is 0.564. The Hall–Kier alpha value is -2.46. The van der Waals surface area contributed by atoms with Crippen molar-refractivity contribution < 1.29 is 42.6 Å². The minimum atomic E-state index is -1.48. The van der Waals surface area contributed by atoms with Gasteiger partial charge >= 0.3 is 0 Å². The number of hydrogen-bond donors (Lipinski definition) is 4. The van der Waals surface area contributed by atoms with Crippen LogP contribution in [-0.4, -0.2) is 55.1 Å². The second-order valence-corrected chi connectivity index (χ2v) is 7.51. The fraction of sp³-hybridized carbons (Fsp3) is 0.300. The summed E-state index contributed by atoms with van der Waals surface area (Å²) in [5.41, 5.74) is 0.294. The summed E-state index contributed by atoms with van der Waals surface area (Å²) in [5.74, 6) is -4.61. The van der Waals surface area contributed by atoms with E-state index in [4.69, 9.17) is 19.8 Å². The highest BCUT2D eigenvalue weighted by Crippen LogP contribution is 2.30. The molecule has 0 radical (unpaired) electrons. The first-order valence-corrected chi connectivity index (χ1v) is 10.5. The number of anilines is 2. The van der Waals surface area contributed by atoms with E-state index in [-0.39, 0.29) is 32.1 Å². The first kappa shape index (κ1) is 26.8. The average Bonchev–Trinajstić information content (AvgIpc) is 2.79. The molecular formula is C20H21F3IN3O6. The average molecular weight is 583 g/mol. The lowest BCUT2D eigenvalue weighted by atomic mass is 10.1. The van der Waals surface area contributed by atoms with E-state index >= 15 is 0 Å². The zero-order valence-electron chi connectivity index (χ0n) is 17.3. The molecule has 0 aliphatic heterocycles. The zero-order valence-corrected chi connectivity index (χ0v) is 19.4. The van der Waals surface area contributed by atoms with Crippen molar-refractivity contribution in [2.45, 2.75) is 13.2 Å². The number of nitrogens with zero attached hydrogens (tertiary/aromatic N) is 1. The molecule has 2 aromatic rings. The van der Waals surface area contributed by atoms with E-state index in [1.165, 1.54) is 25.1 Å². The highest BCUT2D eigenvalue weighted by atomic mass is 127. The molecule has 2 rings (SSSR count). The molecule has 0 aliphatic carbocycles. The van der Waals surface area contributed by atoms with E-state index in [2.05, 4.69) is 15.3 Å². The van der Waals surface area contributed by atoms with E-state index in [0.717, 1.165) is 12.3 Å². The van der Waals surface area contributed by atoms with Crippen molar-refractivity contribution in [1.82, 2.24) is 5.48 Å². The third kappa shape index (κ3) is 7.82. The van der Waals surface area contributed by atoms with Gasteiger partial charge in [0.1, 0.15) is 12.4 Å². The number of halogens is 4. The molecule has 180 valence electrons. The van der Waals surface area contributed by atoms with Crippen molar-refractivity contribution in [3.05, 3.63) is 56.4 Å². The first-order chi connectivity index (χ1) is 15.8. The monoisotopic (exact) mass is 583 g/mol. The molecule has 0 aromatic heterocycles. The Labute approximate surface area is 200 Å². The van der Waals surface area contributed by atoms with Gasteiger partial charge < -0.3 is 25.1 Å². The van der Waals surface area contributed by atoms with Gasteiger partial charge in [0.25, 0.3) is 5.91 Å². The number of ether oxygens (including phenoxy) is 1. The minimum absolute atomic E-state index is 0.0600. The Morgan fingerprint density at radius 1 is 1.18 bits per heavy atom. The molecule has 0 saturated heterocycles. The van der Waals surface area contributed by atoms with Crippen molar-refractivity contribution >= 4 is 46.1 Å². The predicted molar refractivity (Wildman–Crippen MR) is 120 cm³/mol. The van der Waals surface area contributed by atoms with Crippen LogP contribution >= 0.6 is 22.6 Å². The van der Waals surface area contributed by atoms with E-state index in [1.54, 1.807) is 0 Å². The smallest absolute Gasteiger partial charge is 0.277 e. The molecule has 1 amide bonds. The topological polar surface area (TPSA) is 122 Å². The fourth-order valence-electron chi connectivity index (χ4n) is 2.40. The van der Waals surface area contributed by atoms with Crippen molar-refractivity contribution in [1.29, 1.82) is 0 Å². The van der Waals surface area contributed by atoms with Crippen LogP contribution in [-0.2, 0) is 14.4 Å². The number of benzene rings is 2. The second-order valence-electron chi connectivity index (χ2n) is 6.27. The van der Waals surface area contributed by atoms with Gasteiger partial charge in [0.2, 0.25) is 0 Å². The SMILES string of the molecule is CC(OCCO)ONC(=O)c1cc(/C=N/OCCO)c(F)c(F)c1Nc1ccc(I)cc1F. The molecule has 4 N–H and O–H groups in total. The molecule has 0 fully saturated rings. The van der Waals surface area contributed by atoms with E-state index < -0.39 is 46.5 Å². The standard InChI is InChI=1S/C20H21F3IN3O6/c1-11(31-6-4-28)33-27-20(30)14-8-12(10-25-32-7-5-29)17(22)18(23)19(14)26-16-3-2-13(24)9-15(16)21/h2-3,8-11,26,28-29H,4-7H2,1H3,(H,27,30)/b25-10+. The lowest BCUT2D eigenvalue weighted by Crippen LogP contribution is -2.31. The number of nitrogens with one attached hydrogen (secondary N) is 2. The fourth-order valence-corrected chi connectivity index (χ4v) is 2.85. The largest absolute Gasteiger partial charge is 0.394 e. The molecule has 0 saturated carbocycles. The van der Waals surface area contributed by atoms with Crippen LogP contribution in [0.3, 0.4) is 0 Å². The molecule has 0 bridgehead atoms. The van der Waals surface area contributed by atoms with Crippen LogP contribution in [0, 0.1) is 21.0 Å². The van der Waals surface area contributed by atoms with E-state index in [9.17, 15) is 18.0 Å². The van der Waals surface area contributed by atoms with Gasteiger partial charge in [-0.1, -0.05) is 5.16 Å². The van der Waals surface area contributed by atoms with Crippen LogP contribution < -0.4 is 10.8 Å². The van der Waals surface area contributed by atoms with Crippen LogP contribution in [0.5, 0.6) is 0 Å². The number of aliphatic hydroxyl groups excluding tert-OH is 2. The molecule has 33 heavy (non-hydrogen) atoms. The Bertz CT molecular complexity index is 996. The van der Waals surface area contributed by atoms with Crippen LogP contribution in [0.25, 0.3) is 0 Å². The quantitative estimate of drug-likeness (QED) is 0.0998. The summed E-state index contributed by atoms with van der Waals surface area (Å²) in [4.78, 5) is 22.3. The molecule has 2 aromatic carbocycles. The Balaban J connectivity index is 2.41. The lowest BCUT2D eigenvalue weighted by molar-refractivity contribution is -0.162. The number of aliphatic hydroxyl groups is 2. The number of hydrogen-bond acceptors (Lipinski definition) is 8. The van der Waals surface area contributed by atoms with Gasteiger partial charge in [0, 0.05) is 9.13 Å². The van der Waals surface area contributed by atoms with Gasteiger partial charge in [-0.25, -0.2) is 23.5 Å². The molecule has 0 spiro atoms. The summed E-state index contributed by atoms with van der Waals surface area (Å²) in [6.07, 6.45) is -0.155. The highest BCUT2D eigenvalue weighted by molar-refractivity contribution is 14.1. The summed E-state index contributed by atoms with van der Waals surface area (Å²) in [7, 11) is 0. The van der Waals surface area contributed by atoms with Crippen molar-refractivity contribution in [2.24, 2.45) is 5.16 Å². The maximum absolute atomic E-state index is 14.9. The number of carbonyl (C=O) groups excluding carboxylic acids is 1. The number of hydroxylamine groups is 1. The summed E-state index contributed by atoms with van der Waals surface area (Å²) in [6, 6.07) is 4.95. The molecule has 13 heteroatoms. The maximum Gasteiger partial charge on any atom is 0.277 e. The summed E-state index contributed by atoms with van der Waals surface area (Å²) < 4.78 is 49.5. The van der Waals surface area contributed by atoms with Crippen molar-refractivity contribution in [3.63, 3.8) is 0 Å². The van der Waals surface area contributed by atoms with E-state index in [0.29, 0.717) is 3.57 Å². The van der Waals surface area contributed by atoms with Crippen LogP contribution in [0.15, 0.2) is 29.4 Å². The molecule has 1 atom stereocenters. The zero-order chi connectivity index (χ0) is 24.4. The summed E-state index contributed by atoms with van der Waals surface area (Å²) >= 11 is 1.88. The van der Waals surface area contributed by atoms with Gasteiger partial charge in [-0.05, 0) is 53.8 Å². The Kier molecular flexibility index (Phi) is 10.8. The van der Waals surface area contributed by atoms with Crippen molar-refractivity contribution in [3.8, 4) is 0 Å². The first-order valence-electron chi connectivity index (χ1n) is 9.47. The van der Waals surface area contributed by atoms with Crippen LogP contribution in [0.4, 0.5) is 24.5 Å². The number of rotatable bonds is 12. The third-order valence-electron chi connectivity index (χ3n) is 3.88. The van der Waals surface area contributed by atoms with Crippen molar-refractivity contribution in [2.75, 3.05) is 31.7 Å². The van der Waals surface area contributed by atoms with Crippen LogP contribution in [0.2, 0.25) is 0 Å². The highest BCUT2D eigenvalue weighted by Gasteiger charge is 2.24. The number of amides is 1. The minimum Gasteiger partial charge on any atom is -0.394 e. The second kappa shape index (κ2) is 13.3. The maximum atomic E-state index is 14.9. The van der Waals surface area contributed by atoms with Gasteiger partial charge in [-0.2, -0.15) is 0 Å². The normalized spacial score (nSPS) is 12.1. The Morgan fingerprint density at radius 3 is 2.58 bits per heavy atom. The van der Waals surface area contributed by atoms with Gasteiger partial charge in [0.05, 0.1) is 43.0 Å². The third-order valence-corrected chi connectivity index (χ3v) is 4.55. The molecule has 0 heterocycles. The van der Waals surface area contributed by atoms with Crippen LogP contribution in [0.1, 0.15) is 22.8 Å². The number of carbonyl (C=O) groups is 1. The number of oxime groups is 1. The molecule has 0 aliphatic rings. The lowest BCUT2D eigenvalue weighted by Gasteiger charge is -2.17. The van der Waals surface area contributed by atoms with Gasteiger partial charge in [0.15, 0.2) is 17.9 Å². The predicted octanol–water partition coefficient (Wildman–Crippen LogP) is 2.81. The Morgan fingerprint density at radius 2 is 1.91 bits per heavy atom. The van der Waals surface area contributed by atoms with Gasteiger partial charge in [-0.3, -0.25) is 4.79 Å². The van der Waals surface area contributed by atoms with E-state index in [1.807, 2.05) is 28.1 Å². The molecule has 1 unspecified atom stereocenters. The summed E-state index contributed by atoms with van der Waals surface area (Å²) in [5, 5.41) is 23.2. The molecular weight excluding hydrogens is 562 g/mol. The van der Waals surface area contributed by atoms with Gasteiger partial charge in [-0.15, -0.1) is 0 Å². The molecule has 9 nitrogen and oxygen atoms in total.